The molecule has 1 saturated heterocycles. The summed E-state index contributed by atoms with van der Waals surface area (Å²) < 4.78 is 0. The van der Waals surface area contributed by atoms with Crippen molar-refractivity contribution in [3.8, 4) is 0 Å². The van der Waals surface area contributed by atoms with Crippen LogP contribution in [0.3, 0.4) is 0 Å². The maximum absolute atomic E-state index is 4.52. The topological polar surface area (TPSA) is 59.9 Å². The van der Waals surface area contributed by atoms with Gasteiger partial charge < -0.3 is 20.0 Å². The SMILES string of the molecule is CN=C(NCC1(N(C)C)CCCC1)N1CCN(c2ncccn2)CC1. The van der Waals surface area contributed by atoms with E-state index in [9.17, 15) is 0 Å². The molecule has 1 aliphatic heterocycles. The summed E-state index contributed by atoms with van der Waals surface area (Å²) >= 11 is 0. The van der Waals surface area contributed by atoms with E-state index in [-0.39, 0.29) is 5.54 Å². The van der Waals surface area contributed by atoms with Crippen LogP contribution in [0.15, 0.2) is 23.5 Å². The summed E-state index contributed by atoms with van der Waals surface area (Å²) in [5, 5.41) is 3.64. The van der Waals surface area contributed by atoms with Crippen molar-refractivity contribution in [2.24, 2.45) is 4.99 Å². The van der Waals surface area contributed by atoms with Crippen LogP contribution in [-0.2, 0) is 0 Å². The minimum Gasteiger partial charge on any atom is -0.354 e. The van der Waals surface area contributed by atoms with Crippen molar-refractivity contribution in [3.63, 3.8) is 0 Å². The molecule has 138 valence electrons. The highest BCUT2D eigenvalue weighted by molar-refractivity contribution is 5.80. The van der Waals surface area contributed by atoms with Crippen LogP contribution in [0.1, 0.15) is 25.7 Å². The number of anilines is 1. The zero-order valence-electron chi connectivity index (χ0n) is 15.8. The van der Waals surface area contributed by atoms with Gasteiger partial charge in [-0.1, -0.05) is 12.8 Å². The van der Waals surface area contributed by atoms with Crippen LogP contribution in [-0.4, -0.2) is 85.1 Å². The fourth-order valence-electron chi connectivity index (χ4n) is 3.96. The molecule has 0 atom stereocenters. The zero-order chi connectivity index (χ0) is 17.7. The Hall–Kier alpha value is -1.89. The largest absolute Gasteiger partial charge is 0.354 e. The van der Waals surface area contributed by atoms with E-state index in [2.05, 4.69) is 49.1 Å². The molecule has 0 aromatic carbocycles. The molecule has 0 bridgehead atoms. The first-order valence-corrected chi connectivity index (χ1v) is 9.30. The summed E-state index contributed by atoms with van der Waals surface area (Å²) in [6.07, 6.45) is 8.80. The number of nitrogens with zero attached hydrogens (tertiary/aromatic N) is 6. The highest BCUT2D eigenvalue weighted by Crippen LogP contribution is 2.33. The monoisotopic (exact) mass is 345 g/mol. The Morgan fingerprint density at radius 1 is 1.16 bits per heavy atom. The van der Waals surface area contributed by atoms with Gasteiger partial charge in [0.25, 0.3) is 0 Å². The molecule has 1 aromatic heterocycles. The number of aromatic nitrogens is 2. The molecule has 0 amide bonds. The summed E-state index contributed by atoms with van der Waals surface area (Å²) in [6, 6.07) is 1.86. The maximum Gasteiger partial charge on any atom is 0.225 e. The normalized spacial score (nSPS) is 21.0. The lowest BCUT2D eigenvalue weighted by Gasteiger charge is -2.40. The van der Waals surface area contributed by atoms with Gasteiger partial charge in [-0.3, -0.25) is 4.99 Å². The smallest absolute Gasteiger partial charge is 0.225 e. The van der Waals surface area contributed by atoms with E-state index in [0.717, 1.165) is 44.6 Å². The molecule has 25 heavy (non-hydrogen) atoms. The van der Waals surface area contributed by atoms with Crippen molar-refractivity contribution in [1.29, 1.82) is 0 Å². The molecule has 0 radical (unpaired) electrons. The maximum atomic E-state index is 4.52. The lowest BCUT2D eigenvalue weighted by Crippen LogP contribution is -2.57. The Balaban J connectivity index is 1.54. The van der Waals surface area contributed by atoms with Gasteiger partial charge in [-0.05, 0) is 33.0 Å². The summed E-state index contributed by atoms with van der Waals surface area (Å²) in [6.45, 7) is 4.68. The molecule has 1 aliphatic carbocycles. The number of aliphatic imine (C=N–C) groups is 1. The van der Waals surface area contributed by atoms with Crippen molar-refractivity contribution in [2.75, 3.05) is 58.8 Å². The Kier molecular flexibility index (Phi) is 5.73. The molecule has 2 aliphatic rings. The van der Waals surface area contributed by atoms with Crippen LogP contribution >= 0.6 is 0 Å². The molecule has 3 rings (SSSR count). The summed E-state index contributed by atoms with van der Waals surface area (Å²) in [7, 11) is 6.29. The molecular weight excluding hydrogens is 314 g/mol. The van der Waals surface area contributed by atoms with Crippen molar-refractivity contribution < 1.29 is 0 Å². The quantitative estimate of drug-likeness (QED) is 0.650. The van der Waals surface area contributed by atoms with Gasteiger partial charge in [-0.25, -0.2) is 9.97 Å². The number of hydrogen-bond donors (Lipinski definition) is 1. The van der Waals surface area contributed by atoms with E-state index in [1.54, 1.807) is 12.4 Å². The van der Waals surface area contributed by atoms with Crippen LogP contribution in [0.5, 0.6) is 0 Å². The van der Waals surface area contributed by atoms with Gasteiger partial charge in [0, 0.05) is 57.7 Å². The van der Waals surface area contributed by atoms with E-state index in [1.807, 2.05) is 13.1 Å². The Bertz CT molecular complexity index is 558. The van der Waals surface area contributed by atoms with Gasteiger partial charge in [0.2, 0.25) is 5.95 Å². The van der Waals surface area contributed by atoms with Crippen LogP contribution < -0.4 is 10.2 Å². The van der Waals surface area contributed by atoms with Crippen LogP contribution in [0.2, 0.25) is 0 Å². The van der Waals surface area contributed by atoms with E-state index >= 15 is 0 Å². The molecule has 2 fully saturated rings. The number of rotatable bonds is 4. The molecule has 1 aromatic rings. The fraction of sp³-hybridized carbons (Fsp3) is 0.722. The Labute approximate surface area is 151 Å². The molecule has 0 unspecified atom stereocenters. The number of hydrogen-bond acceptors (Lipinski definition) is 5. The second kappa shape index (κ2) is 7.99. The van der Waals surface area contributed by atoms with Gasteiger partial charge in [-0.2, -0.15) is 0 Å². The minimum atomic E-state index is 0.273. The second-order valence-corrected chi connectivity index (χ2v) is 7.25. The molecule has 1 N–H and O–H groups in total. The fourth-order valence-corrected chi connectivity index (χ4v) is 3.96. The standard InChI is InChI=1S/C18H31N7/c1-19-16(22-15-18(23(2)3)7-4-5-8-18)24-11-13-25(14-12-24)17-20-9-6-10-21-17/h6,9-10H,4-5,7-8,11-15H2,1-3H3,(H,19,22). The van der Waals surface area contributed by atoms with Gasteiger partial charge >= 0.3 is 0 Å². The predicted octanol–water partition coefficient (Wildman–Crippen LogP) is 1.05. The molecule has 0 spiro atoms. The molecule has 2 heterocycles. The van der Waals surface area contributed by atoms with E-state index in [4.69, 9.17) is 0 Å². The van der Waals surface area contributed by atoms with E-state index in [0.29, 0.717) is 0 Å². The molecular formula is C18H31N7. The van der Waals surface area contributed by atoms with Crippen LogP contribution in [0.4, 0.5) is 5.95 Å². The third-order valence-corrected chi connectivity index (χ3v) is 5.68. The number of nitrogens with one attached hydrogen (secondary N) is 1. The third kappa shape index (κ3) is 4.03. The van der Waals surface area contributed by atoms with Crippen molar-refractivity contribution in [2.45, 2.75) is 31.2 Å². The lowest BCUT2D eigenvalue weighted by molar-refractivity contribution is 0.159. The van der Waals surface area contributed by atoms with Gasteiger partial charge in [-0.15, -0.1) is 0 Å². The van der Waals surface area contributed by atoms with Crippen LogP contribution in [0, 0.1) is 0 Å². The summed E-state index contributed by atoms with van der Waals surface area (Å²) in [5.41, 5.74) is 0.273. The van der Waals surface area contributed by atoms with Gasteiger partial charge in [0.05, 0.1) is 0 Å². The zero-order valence-corrected chi connectivity index (χ0v) is 15.8. The van der Waals surface area contributed by atoms with Crippen molar-refractivity contribution in [1.82, 2.24) is 25.1 Å². The predicted molar refractivity (Wildman–Crippen MR) is 102 cm³/mol. The number of likely N-dealkylation sites (N-methyl/N-ethyl adjacent to an activating group) is 1. The third-order valence-electron chi connectivity index (χ3n) is 5.68. The number of piperazine rings is 1. The molecule has 7 heteroatoms. The average molecular weight is 345 g/mol. The second-order valence-electron chi connectivity index (χ2n) is 7.25. The lowest BCUT2D eigenvalue weighted by atomic mass is 9.96. The highest BCUT2D eigenvalue weighted by atomic mass is 15.4. The van der Waals surface area contributed by atoms with Crippen LogP contribution in [0.25, 0.3) is 0 Å². The van der Waals surface area contributed by atoms with E-state index < -0.39 is 0 Å². The Morgan fingerprint density at radius 2 is 1.80 bits per heavy atom. The summed E-state index contributed by atoms with van der Waals surface area (Å²) in [5.74, 6) is 1.84. The van der Waals surface area contributed by atoms with Gasteiger partial charge in [0.1, 0.15) is 0 Å². The van der Waals surface area contributed by atoms with Crippen molar-refractivity contribution >= 4 is 11.9 Å². The minimum absolute atomic E-state index is 0.273. The van der Waals surface area contributed by atoms with E-state index in [1.165, 1.54) is 25.7 Å². The Morgan fingerprint density at radius 3 is 2.36 bits per heavy atom. The molecule has 7 nitrogen and oxygen atoms in total. The molecule has 1 saturated carbocycles. The first-order valence-electron chi connectivity index (χ1n) is 9.30. The van der Waals surface area contributed by atoms with Gasteiger partial charge in [0.15, 0.2) is 5.96 Å². The van der Waals surface area contributed by atoms with Crippen molar-refractivity contribution in [3.05, 3.63) is 18.5 Å². The average Bonchev–Trinajstić information content (AvgIpc) is 3.14. The summed E-state index contributed by atoms with van der Waals surface area (Å²) in [4.78, 5) is 20.2. The first-order chi connectivity index (χ1) is 12.1. The number of guanidine groups is 1. The highest BCUT2D eigenvalue weighted by Gasteiger charge is 2.36. The first kappa shape index (κ1) is 17.9.